The monoisotopic (exact) mass is 229 g/mol. The number of hydrogen-bond donors (Lipinski definition) is 1. The first-order valence-corrected chi connectivity index (χ1v) is 6.21. The maximum atomic E-state index is 11.3. The van der Waals surface area contributed by atoms with Gasteiger partial charge in [-0.05, 0) is 0 Å². The van der Waals surface area contributed by atoms with Crippen molar-refractivity contribution < 1.29 is 4.79 Å². The second-order valence-electron chi connectivity index (χ2n) is 2.28. The molecule has 0 radical (unpaired) electrons. The zero-order valence-electron chi connectivity index (χ0n) is 7.13. The van der Waals surface area contributed by atoms with E-state index in [2.05, 4.69) is 11.1 Å². The quantitative estimate of drug-likeness (QED) is 0.730. The molecule has 0 aliphatic heterocycles. The topological polar surface area (TPSA) is 29.1 Å². The Bertz CT molecular complexity index is 286. The second-order valence-corrected chi connectivity index (χ2v) is 4.06. The fraction of sp³-hybridized carbons (Fsp3) is 0.222. The van der Waals surface area contributed by atoms with Gasteiger partial charge in [0, 0.05) is 0 Å². The van der Waals surface area contributed by atoms with Crippen LogP contribution in [0.3, 0.4) is 0 Å². The third kappa shape index (κ3) is 1.87. The van der Waals surface area contributed by atoms with Gasteiger partial charge in [-0.15, -0.1) is 0 Å². The van der Waals surface area contributed by atoms with Crippen molar-refractivity contribution in [1.29, 1.82) is 0 Å². The van der Waals surface area contributed by atoms with Crippen molar-refractivity contribution in [3.63, 3.8) is 0 Å². The SMILES string of the molecule is CNC(=O)c1ccccc1[Se]C. The molecule has 12 heavy (non-hydrogen) atoms. The summed E-state index contributed by atoms with van der Waals surface area (Å²) in [6.07, 6.45) is 0. The molecule has 0 saturated carbocycles. The molecule has 0 fully saturated rings. The van der Waals surface area contributed by atoms with E-state index in [9.17, 15) is 4.79 Å². The van der Waals surface area contributed by atoms with Gasteiger partial charge in [-0.1, -0.05) is 0 Å². The molecular formula is C9H11NOSe. The Hall–Kier alpha value is -0.791. The van der Waals surface area contributed by atoms with E-state index in [1.165, 1.54) is 0 Å². The molecule has 0 bridgehead atoms. The zero-order valence-corrected chi connectivity index (χ0v) is 8.84. The van der Waals surface area contributed by atoms with Crippen molar-refractivity contribution >= 4 is 25.3 Å². The van der Waals surface area contributed by atoms with Crippen LogP contribution in [0.15, 0.2) is 24.3 Å². The molecule has 2 nitrogen and oxygen atoms in total. The minimum atomic E-state index is 0.00863. The molecule has 1 N–H and O–H groups in total. The Balaban J connectivity index is 3.04. The summed E-state index contributed by atoms with van der Waals surface area (Å²) in [4.78, 5) is 11.3. The van der Waals surface area contributed by atoms with Crippen LogP contribution in [0.2, 0.25) is 5.82 Å². The van der Waals surface area contributed by atoms with Crippen molar-refractivity contribution in [2.75, 3.05) is 7.05 Å². The van der Waals surface area contributed by atoms with Gasteiger partial charge >= 0.3 is 78.1 Å². The second kappa shape index (κ2) is 4.29. The molecule has 0 aliphatic carbocycles. The van der Waals surface area contributed by atoms with E-state index in [1.807, 2.05) is 24.3 Å². The van der Waals surface area contributed by atoms with Gasteiger partial charge in [-0.3, -0.25) is 0 Å². The number of rotatable bonds is 2. The van der Waals surface area contributed by atoms with Crippen molar-refractivity contribution in [3.8, 4) is 0 Å². The van der Waals surface area contributed by atoms with Gasteiger partial charge in [0.2, 0.25) is 0 Å². The van der Waals surface area contributed by atoms with Crippen LogP contribution in [0, 0.1) is 0 Å². The van der Waals surface area contributed by atoms with Crippen LogP contribution >= 0.6 is 0 Å². The average molecular weight is 228 g/mol. The molecular weight excluding hydrogens is 217 g/mol. The van der Waals surface area contributed by atoms with Gasteiger partial charge < -0.3 is 0 Å². The van der Waals surface area contributed by atoms with E-state index >= 15 is 0 Å². The number of benzene rings is 1. The predicted octanol–water partition coefficient (Wildman–Crippen LogP) is 0.424. The Morgan fingerprint density at radius 3 is 2.67 bits per heavy atom. The summed E-state index contributed by atoms with van der Waals surface area (Å²) >= 11 is 0.378. The van der Waals surface area contributed by atoms with Crippen LogP contribution in [-0.2, 0) is 0 Å². The van der Waals surface area contributed by atoms with Crippen LogP contribution in [0.4, 0.5) is 0 Å². The molecule has 0 aliphatic rings. The van der Waals surface area contributed by atoms with Crippen molar-refractivity contribution in [1.82, 2.24) is 5.32 Å². The summed E-state index contributed by atoms with van der Waals surface area (Å²) in [6.45, 7) is 0. The molecule has 1 amide bonds. The number of hydrogen-bond acceptors (Lipinski definition) is 1. The summed E-state index contributed by atoms with van der Waals surface area (Å²) in [5.41, 5.74) is 0.808. The minimum absolute atomic E-state index is 0.00863. The van der Waals surface area contributed by atoms with Crippen molar-refractivity contribution in [2.24, 2.45) is 0 Å². The van der Waals surface area contributed by atoms with E-state index in [0.717, 1.165) is 10.0 Å². The van der Waals surface area contributed by atoms with E-state index in [4.69, 9.17) is 0 Å². The first-order chi connectivity index (χ1) is 5.79. The summed E-state index contributed by atoms with van der Waals surface area (Å²) in [5.74, 6) is 2.11. The molecule has 0 atom stereocenters. The third-order valence-electron chi connectivity index (χ3n) is 1.58. The molecule has 1 rings (SSSR count). The van der Waals surface area contributed by atoms with Gasteiger partial charge in [0.25, 0.3) is 0 Å². The first-order valence-electron chi connectivity index (χ1n) is 3.64. The molecule has 1 aromatic carbocycles. The van der Waals surface area contributed by atoms with Gasteiger partial charge in [-0.2, -0.15) is 0 Å². The number of carbonyl (C=O) groups is 1. The molecule has 0 heterocycles. The predicted molar refractivity (Wildman–Crippen MR) is 51.1 cm³/mol. The molecule has 0 spiro atoms. The molecule has 1 aromatic rings. The van der Waals surface area contributed by atoms with Crippen LogP contribution < -0.4 is 9.78 Å². The van der Waals surface area contributed by atoms with Crippen LogP contribution in [0.1, 0.15) is 10.4 Å². The summed E-state index contributed by atoms with van der Waals surface area (Å²) in [7, 11) is 1.65. The van der Waals surface area contributed by atoms with Crippen molar-refractivity contribution in [2.45, 2.75) is 5.82 Å². The van der Waals surface area contributed by atoms with E-state index in [1.54, 1.807) is 7.05 Å². The normalized spacial score (nSPS) is 9.50. The molecule has 3 heteroatoms. The molecule has 0 unspecified atom stereocenters. The summed E-state index contributed by atoms with van der Waals surface area (Å²) in [5, 5.41) is 2.63. The Morgan fingerprint density at radius 1 is 1.42 bits per heavy atom. The average Bonchev–Trinajstić information content (AvgIpc) is 2.16. The van der Waals surface area contributed by atoms with Crippen LogP contribution in [0.5, 0.6) is 0 Å². The first kappa shape index (κ1) is 9.30. The Kier molecular flexibility index (Phi) is 3.32. The standard InChI is InChI=1S/C9H11NOSe/c1-10-9(11)7-5-3-4-6-8(7)12-2/h3-6H,1-2H3,(H,10,11). The van der Waals surface area contributed by atoms with Crippen LogP contribution in [0.25, 0.3) is 0 Å². The van der Waals surface area contributed by atoms with Crippen molar-refractivity contribution in [3.05, 3.63) is 29.8 Å². The molecule has 0 saturated heterocycles. The maximum absolute atomic E-state index is 11.3. The third-order valence-corrected chi connectivity index (χ3v) is 3.25. The van der Waals surface area contributed by atoms with Gasteiger partial charge in [0.05, 0.1) is 0 Å². The summed E-state index contributed by atoms with van der Waals surface area (Å²) < 4.78 is 1.16. The number of carbonyl (C=O) groups excluding carboxylic acids is 1. The Morgan fingerprint density at radius 2 is 2.08 bits per heavy atom. The van der Waals surface area contributed by atoms with E-state index in [0.29, 0.717) is 15.0 Å². The zero-order chi connectivity index (χ0) is 8.97. The van der Waals surface area contributed by atoms with E-state index < -0.39 is 0 Å². The fourth-order valence-electron chi connectivity index (χ4n) is 0.967. The fourth-order valence-corrected chi connectivity index (χ4v) is 2.22. The Labute approximate surface area is 78.5 Å². The number of nitrogens with one attached hydrogen (secondary N) is 1. The summed E-state index contributed by atoms with van der Waals surface area (Å²) in [6, 6.07) is 7.72. The van der Waals surface area contributed by atoms with E-state index in [-0.39, 0.29) is 5.91 Å². The van der Waals surface area contributed by atoms with Gasteiger partial charge in [0.1, 0.15) is 0 Å². The van der Waals surface area contributed by atoms with Gasteiger partial charge in [0.15, 0.2) is 0 Å². The molecule has 0 aromatic heterocycles. The van der Waals surface area contributed by atoms with Crippen LogP contribution in [-0.4, -0.2) is 27.9 Å². The number of amides is 1. The van der Waals surface area contributed by atoms with Gasteiger partial charge in [-0.25, -0.2) is 0 Å². The molecule has 64 valence electrons.